The van der Waals surface area contributed by atoms with Crippen molar-refractivity contribution in [3.63, 3.8) is 0 Å². The van der Waals surface area contributed by atoms with Crippen LogP contribution in [0.4, 0.5) is 10.1 Å². The molecular weight excluding hydrogens is 321 g/mol. The summed E-state index contributed by atoms with van der Waals surface area (Å²) in [5.74, 6) is -0.616. The second-order valence-corrected chi connectivity index (χ2v) is 4.77. The van der Waals surface area contributed by atoms with E-state index in [2.05, 4.69) is 20.7 Å². The number of nitrogens with one attached hydrogen (secondary N) is 2. The zero-order valence-electron chi connectivity index (χ0n) is 12.4. The molecular formula is C14H14FN5O2S. The van der Waals surface area contributed by atoms with Crippen molar-refractivity contribution in [2.45, 2.75) is 0 Å². The van der Waals surface area contributed by atoms with Crippen LogP contribution in [0.2, 0.25) is 0 Å². The summed E-state index contributed by atoms with van der Waals surface area (Å²) in [7, 11) is 2.99. The molecule has 23 heavy (non-hydrogen) atoms. The predicted octanol–water partition coefficient (Wildman–Crippen LogP) is 1.60. The molecule has 2 rings (SSSR count). The maximum Gasteiger partial charge on any atom is 0.290 e. The number of hydrogen-bond donors (Lipinski definition) is 2. The van der Waals surface area contributed by atoms with E-state index in [1.54, 1.807) is 7.05 Å². The lowest BCUT2D eigenvalue weighted by Crippen LogP contribution is -2.45. The van der Waals surface area contributed by atoms with Crippen molar-refractivity contribution in [1.29, 1.82) is 0 Å². The normalized spacial score (nSPS) is 9.87. The van der Waals surface area contributed by atoms with Gasteiger partial charge in [-0.15, -0.1) is 0 Å². The number of thiocarbonyl (C=S) groups is 1. The lowest BCUT2D eigenvalue weighted by Gasteiger charge is -2.21. The second kappa shape index (κ2) is 7.45. The van der Waals surface area contributed by atoms with E-state index < -0.39 is 5.91 Å². The molecule has 0 atom stereocenters. The minimum Gasteiger partial charge on any atom is -0.480 e. The van der Waals surface area contributed by atoms with Crippen LogP contribution in [-0.4, -0.2) is 40.2 Å². The van der Waals surface area contributed by atoms with E-state index in [0.717, 1.165) is 0 Å². The van der Waals surface area contributed by atoms with Crippen molar-refractivity contribution in [3.05, 3.63) is 48.2 Å². The number of nitrogens with zero attached hydrogens (tertiary/aromatic N) is 3. The summed E-state index contributed by atoms with van der Waals surface area (Å²) in [6.45, 7) is 0. The monoisotopic (exact) mass is 335 g/mol. The number of anilines is 1. The van der Waals surface area contributed by atoms with Gasteiger partial charge in [-0.1, -0.05) is 0 Å². The summed E-state index contributed by atoms with van der Waals surface area (Å²) in [6, 6.07) is 5.67. The molecule has 1 heterocycles. The molecule has 0 bridgehead atoms. The third-order valence-electron chi connectivity index (χ3n) is 2.72. The number of hydrazine groups is 1. The minimum atomic E-state index is -0.498. The number of benzene rings is 1. The summed E-state index contributed by atoms with van der Waals surface area (Å²) in [5, 5.41) is 4.39. The summed E-state index contributed by atoms with van der Waals surface area (Å²) >= 11 is 5.15. The number of hydrogen-bond acceptors (Lipinski definition) is 5. The third kappa shape index (κ3) is 4.58. The van der Waals surface area contributed by atoms with Crippen LogP contribution in [0.1, 0.15) is 10.5 Å². The van der Waals surface area contributed by atoms with Gasteiger partial charge >= 0.3 is 0 Å². The highest BCUT2D eigenvalue weighted by molar-refractivity contribution is 7.80. The van der Waals surface area contributed by atoms with Crippen molar-refractivity contribution < 1.29 is 13.9 Å². The lowest BCUT2D eigenvalue weighted by atomic mass is 10.3. The van der Waals surface area contributed by atoms with E-state index in [0.29, 0.717) is 5.69 Å². The van der Waals surface area contributed by atoms with E-state index in [-0.39, 0.29) is 22.5 Å². The second-order valence-electron chi connectivity index (χ2n) is 4.38. The van der Waals surface area contributed by atoms with Gasteiger partial charge in [0, 0.05) is 12.7 Å². The number of ether oxygens (including phenoxy) is 1. The first-order valence-corrected chi connectivity index (χ1v) is 6.87. The summed E-state index contributed by atoms with van der Waals surface area (Å²) in [5.41, 5.74) is 3.22. The maximum atomic E-state index is 12.9. The Morgan fingerprint density at radius 2 is 2.00 bits per heavy atom. The molecule has 1 aromatic heterocycles. The highest BCUT2D eigenvalue weighted by Crippen LogP contribution is 2.09. The number of carbonyl (C=O) groups excluding carboxylic acids is 1. The van der Waals surface area contributed by atoms with Crippen LogP contribution >= 0.6 is 12.2 Å². The molecule has 9 heteroatoms. The van der Waals surface area contributed by atoms with Crippen LogP contribution < -0.4 is 15.5 Å². The molecule has 0 fully saturated rings. The number of amides is 1. The van der Waals surface area contributed by atoms with Gasteiger partial charge in [-0.3, -0.25) is 20.2 Å². The van der Waals surface area contributed by atoms with E-state index in [1.807, 2.05) is 0 Å². The Morgan fingerprint density at radius 3 is 2.65 bits per heavy atom. The molecule has 0 unspecified atom stereocenters. The van der Waals surface area contributed by atoms with E-state index in [9.17, 15) is 9.18 Å². The number of carbonyl (C=O) groups is 1. The van der Waals surface area contributed by atoms with Gasteiger partial charge in [0.25, 0.3) is 5.91 Å². The minimum absolute atomic E-state index is 0.0841. The first kappa shape index (κ1) is 16.6. The standard InChI is InChI=1S/C14H14FN5O2S/c1-20(14(23)17-10-5-3-9(15)4-6-10)19-13(21)11-7-16-8-12(18-11)22-2/h3-8H,1-2H3,(H,17,23)(H,19,21). The first-order chi connectivity index (χ1) is 11.0. The van der Waals surface area contributed by atoms with Gasteiger partial charge < -0.3 is 10.1 Å². The van der Waals surface area contributed by atoms with Gasteiger partial charge in [-0.05, 0) is 36.5 Å². The molecule has 1 aromatic carbocycles. The van der Waals surface area contributed by atoms with Crippen molar-refractivity contribution in [3.8, 4) is 5.88 Å². The van der Waals surface area contributed by atoms with Crippen LogP contribution in [0.3, 0.4) is 0 Å². The SMILES string of the molecule is COc1cncc(C(=O)NN(C)C(=S)Nc2ccc(F)cc2)n1. The average molecular weight is 335 g/mol. The topological polar surface area (TPSA) is 79.4 Å². The summed E-state index contributed by atoms with van der Waals surface area (Å²) < 4.78 is 17.8. The number of aromatic nitrogens is 2. The van der Waals surface area contributed by atoms with Crippen molar-refractivity contribution in [1.82, 2.24) is 20.4 Å². The molecule has 0 aliphatic rings. The van der Waals surface area contributed by atoms with Gasteiger partial charge in [0.1, 0.15) is 5.82 Å². The van der Waals surface area contributed by atoms with Crippen LogP contribution in [0.25, 0.3) is 0 Å². The van der Waals surface area contributed by atoms with Crippen molar-refractivity contribution in [2.75, 3.05) is 19.5 Å². The lowest BCUT2D eigenvalue weighted by molar-refractivity contribution is 0.0882. The zero-order chi connectivity index (χ0) is 16.8. The molecule has 0 saturated heterocycles. The highest BCUT2D eigenvalue weighted by atomic mass is 32.1. The molecule has 1 amide bonds. The summed E-state index contributed by atoms with van der Waals surface area (Å²) in [6.07, 6.45) is 2.70. The van der Waals surface area contributed by atoms with Gasteiger partial charge in [0.15, 0.2) is 10.8 Å². The Bertz CT molecular complexity index is 711. The predicted molar refractivity (Wildman–Crippen MR) is 86.4 cm³/mol. The third-order valence-corrected chi connectivity index (χ3v) is 3.10. The molecule has 0 radical (unpaired) electrons. The molecule has 0 spiro atoms. The fourth-order valence-corrected chi connectivity index (χ4v) is 1.72. The molecule has 120 valence electrons. The van der Waals surface area contributed by atoms with E-state index in [1.165, 1.54) is 48.8 Å². The molecule has 7 nitrogen and oxygen atoms in total. The van der Waals surface area contributed by atoms with Gasteiger partial charge in [0.05, 0.1) is 19.5 Å². The fourth-order valence-electron chi connectivity index (χ4n) is 1.56. The largest absolute Gasteiger partial charge is 0.480 e. The first-order valence-electron chi connectivity index (χ1n) is 6.47. The number of rotatable bonds is 3. The van der Waals surface area contributed by atoms with Crippen LogP contribution in [-0.2, 0) is 0 Å². The maximum absolute atomic E-state index is 12.9. The van der Waals surface area contributed by atoms with Crippen molar-refractivity contribution >= 4 is 28.9 Å². The Labute approximate surface area is 137 Å². The molecule has 0 saturated carbocycles. The van der Waals surface area contributed by atoms with Crippen LogP contribution in [0.15, 0.2) is 36.7 Å². The van der Waals surface area contributed by atoms with Gasteiger partial charge in [-0.2, -0.15) is 0 Å². The van der Waals surface area contributed by atoms with E-state index >= 15 is 0 Å². The summed E-state index contributed by atoms with van der Waals surface area (Å²) in [4.78, 5) is 19.9. The molecule has 2 N–H and O–H groups in total. The van der Waals surface area contributed by atoms with Crippen LogP contribution in [0, 0.1) is 5.82 Å². The molecule has 0 aliphatic carbocycles. The average Bonchev–Trinajstić information content (AvgIpc) is 2.56. The smallest absolute Gasteiger partial charge is 0.290 e. The van der Waals surface area contributed by atoms with Gasteiger partial charge in [-0.25, -0.2) is 9.37 Å². The number of methoxy groups -OCH3 is 1. The highest BCUT2D eigenvalue weighted by Gasteiger charge is 2.13. The molecule has 2 aromatic rings. The Balaban J connectivity index is 1.97. The quantitative estimate of drug-likeness (QED) is 0.651. The zero-order valence-corrected chi connectivity index (χ0v) is 13.2. The fraction of sp³-hybridized carbons (Fsp3) is 0.143. The molecule has 0 aliphatic heterocycles. The Hall–Kier alpha value is -2.81. The van der Waals surface area contributed by atoms with Gasteiger partial charge in [0.2, 0.25) is 5.88 Å². The Kier molecular flexibility index (Phi) is 5.36. The number of halogens is 1. The Morgan fingerprint density at radius 1 is 1.30 bits per heavy atom. The van der Waals surface area contributed by atoms with Crippen molar-refractivity contribution in [2.24, 2.45) is 0 Å². The van der Waals surface area contributed by atoms with E-state index in [4.69, 9.17) is 17.0 Å². The van der Waals surface area contributed by atoms with Crippen LogP contribution in [0.5, 0.6) is 5.88 Å².